The second kappa shape index (κ2) is 13.4. The summed E-state index contributed by atoms with van der Waals surface area (Å²) < 4.78 is 48.9. The number of fused-ring (bicyclic) bond motifs is 4. The Morgan fingerprint density at radius 1 is 0.980 bits per heavy atom. The van der Waals surface area contributed by atoms with Gasteiger partial charge < -0.3 is 15.2 Å². The summed E-state index contributed by atoms with van der Waals surface area (Å²) in [7, 11) is -3.93. The van der Waals surface area contributed by atoms with Gasteiger partial charge in [-0.1, -0.05) is 30.7 Å². The second-order valence-electron chi connectivity index (χ2n) is 13.3. The van der Waals surface area contributed by atoms with Crippen molar-refractivity contribution in [1.82, 2.24) is 19.9 Å². The van der Waals surface area contributed by atoms with Gasteiger partial charge in [0.15, 0.2) is 12.0 Å². The van der Waals surface area contributed by atoms with Gasteiger partial charge in [0.05, 0.1) is 28.8 Å². The minimum Gasteiger partial charge on any atom is -0.465 e. The first-order valence-electron chi connectivity index (χ1n) is 16.8. The normalized spacial score (nSPS) is 24.7. The molecule has 4 atom stereocenters. The van der Waals surface area contributed by atoms with Crippen LogP contribution in [0.25, 0.3) is 21.7 Å². The number of amides is 3. The average Bonchev–Trinajstić information content (AvgIpc) is 4.01. The first kappa shape index (κ1) is 33.6. The van der Waals surface area contributed by atoms with Gasteiger partial charge >= 0.3 is 6.09 Å². The van der Waals surface area contributed by atoms with Crippen molar-refractivity contribution in [2.24, 2.45) is 10.9 Å². The first-order valence-corrected chi connectivity index (χ1v) is 18.3. The van der Waals surface area contributed by atoms with E-state index < -0.39 is 69.0 Å². The van der Waals surface area contributed by atoms with E-state index >= 15 is 0 Å². The van der Waals surface area contributed by atoms with E-state index in [1.54, 1.807) is 18.2 Å². The predicted octanol–water partition coefficient (Wildman–Crippen LogP) is 4.35. The number of carboxylic acid groups (broad SMARTS) is 1. The molecule has 2 aliphatic heterocycles. The number of hydrogen-bond acceptors (Lipinski definition) is 9. The quantitative estimate of drug-likeness (QED) is 0.314. The number of allylic oxidation sites excluding steroid dienone is 2. The molecule has 3 heterocycles. The number of carbonyl (C=O) groups is 4. The van der Waals surface area contributed by atoms with Crippen molar-refractivity contribution in [3.63, 3.8) is 0 Å². The number of carbonyl (C=O) groups excluding carboxylic acids is 3. The fraction of sp³-hybridized carbons (Fsp3) is 0.429. The molecule has 1 saturated heterocycles. The van der Waals surface area contributed by atoms with Crippen molar-refractivity contribution in [3.8, 4) is 5.88 Å². The Bertz CT molecular complexity index is 2080. The van der Waals surface area contributed by atoms with Crippen LogP contribution in [0, 0.1) is 11.7 Å². The minimum atomic E-state index is -3.93. The van der Waals surface area contributed by atoms with E-state index in [0.717, 1.165) is 16.7 Å². The van der Waals surface area contributed by atoms with Crippen molar-refractivity contribution < 1.29 is 41.8 Å². The molecule has 2 fully saturated rings. The van der Waals surface area contributed by atoms with E-state index in [1.165, 1.54) is 23.2 Å². The van der Waals surface area contributed by atoms with Crippen LogP contribution in [0.15, 0.2) is 58.7 Å². The van der Waals surface area contributed by atoms with Crippen molar-refractivity contribution in [2.75, 3.05) is 0 Å². The van der Waals surface area contributed by atoms with Gasteiger partial charge in [-0.25, -0.2) is 22.6 Å². The lowest BCUT2D eigenvalue weighted by Crippen LogP contribution is -2.50. The molecular formula is C35H36FN5O8S. The Labute approximate surface area is 287 Å². The van der Waals surface area contributed by atoms with Gasteiger partial charge in [0, 0.05) is 48.4 Å². The highest BCUT2D eigenvalue weighted by atomic mass is 32.2. The summed E-state index contributed by atoms with van der Waals surface area (Å²) in [5, 5.41) is 12.8. The third-order valence-corrected chi connectivity index (χ3v) is 11.6. The lowest BCUT2D eigenvalue weighted by molar-refractivity contribution is -0.137. The molecule has 4 aliphatic rings. The monoisotopic (exact) mass is 705 g/mol. The summed E-state index contributed by atoms with van der Waals surface area (Å²) >= 11 is 0. The number of pyridine rings is 1. The highest BCUT2D eigenvalue weighted by Crippen LogP contribution is 2.39. The van der Waals surface area contributed by atoms with Crippen LogP contribution in [0.4, 0.5) is 9.18 Å². The maximum absolute atomic E-state index is 14.7. The van der Waals surface area contributed by atoms with Crippen molar-refractivity contribution >= 4 is 61.6 Å². The van der Waals surface area contributed by atoms with Crippen LogP contribution in [0.3, 0.4) is 0 Å². The number of aromatic nitrogens is 1. The summed E-state index contributed by atoms with van der Waals surface area (Å²) in [6.45, 7) is 0. The van der Waals surface area contributed by atoms with E-state index in [9.17, 15) is 37.1 Å². The number of Topliss-reactive ketones (excluding diaryl/α,β-unsaturated/α-hetero) is 1. The summed E-state index contributed by atoms with van der Waals surface area (Å²) in [6, 6.07) is 9.31. The zero-order valence-electron chi connectivity index (χ0n) is 27.0. The largest absolute Gasteiger partial charge is 0.465 e. The molecule has 15 heteroatoms. The molecule has 2 aliphatic carbocycles. The van der Waals surface area contributed by atoms with E-state index in [0.29, 0.717) is 54.8 Å². The maximum atomic E-state index is 14.7. The van der Waals surface area contributed by atoms with Crippen LogP contribution >= 0.6 is 0 Å². The summed E-state index contributed by atoms with van der Waals surface area (Å²) in [5.74, 6) is -3.53. The van der Waals surface area contributed by atoms with Gasteiger partial charge in [0.25, 0.3) is 0 Å². The molecule has 0 bridgehead atoms. The Morgan fingerprint density at radius 2 is 1.78 bits per heavy atom. The summed E-state index contributed by atoms with van der Waals surface area (Å²) in [4.78, 5) is 63.2. The molecule has 13 nitrogen and oxygen atoms in total. The predicted molar refractivity (Wildman–Crippen MR) is 180 cm³/mol. The zero-order valence-corrected chi connectivity index (χ0v) is 27.8. The number of aliphatic imine (C=N–C) groups is 1. The maximum Gasteiger partial charge on any atom is 0.405 e. The number of para-hydroxylation sites is 1. The molecule has 50 heavy (non-hydrogen) atoms. The summed E-state index contributed by atoms with van der Waals surface area (Å²) in [5.41, 5.74) is 2.39. The van der Waals surface area contributed by atoms with Gasteiger partial charge in [-0.15, -0.1) is 0 Å². The highest BCUT2D eigenvalue weighted by molar-refractivity contribution is 7.90. The van der Waals surface area contributed by atoms with E-state index in [1.807, 2.05) is 12.1 Å². The molecule has 3 N–H and O–H groups in total. The summed E-state index contributed by atoms with van der Waals surface area (Å²) in [6.07, 6.45) is 1.93. The number of sulfonamides is 1. The van der Waals surface area contributed by atoms with Crippen LogP contribution in [0.2, 0.25) is 0 Å². The van der Waals surface area contributed by atoms with Crippen LogP contribution in [0.1, 0.15) is 64.2 Å². The number of nitrogens with one attached hydrogen (secondary N) is 2. The lowest BCUT2D eigenvalue weighted by Gasteiger charge is -2.33. The first-order chi connectivity index (χ1) is 24.0. The third-order valence-electron chi connectivity index (χ3n) is 9.74. The number of nitrogens with zero attached hydrogens (tertiary/aromatic N) is 3. The Balaban J connectivity index is 1.30. The van der Waals surface area contributed by atoms with Crippen molar-refractivity contribution in [1.29, 1.82) is 0 Å². The molecule has 7 rings (SSSR count). The number of ether oxygens (including phenoxy) is 1. The third kappa shape index (κ3) is 7.04. The van der Waals surface area contributed by atoms with E-state index in [4.69, 9.17) is 4.74 Å². The molecule has 262 valence electrons. The molecule has 0 radical (unpaired) electrons. The Morgan fingerprint density at radius 3 is 2.56 bits per heavy atom. The van der Waals surface area contributed by atoms with E-state index in [-0.39, 0.29) is 31.6 Å². The minimum absolute atomic E-state index is 0.0198. The van der Waals surface area contributed by atoms with Gasteiger partial charge in [0.2, 0.25) is 27.7 Å². The highest BCUT2D eigenvalue weighted by Gasteiger charge is 2.49. The lowest BCUT2D eigenvalue weighted by atomic mass is 9.99. The number of benzene rings is 2. The van der Waals surface area contributed by atoms with Gasteiger partial charge in [-0.3, -0.25) is 29.0 Å². The van der Waals surface area contributed by atoms with Gasteiger partial charge in [-0.05, 0) is 61.3 Å². The SMILES string of the molecule is O=C(O)N[C@H]1CCCCC2=C(C2)N=C[C@@H]2[C@H](C(=O)NS(=O)(=O)C3CC3)CC(=O)N2[C@H](Oc2nc3ccccc3c3ccc(F)cc23)CCC1=O. The fourth-order valence-corrected chi connectivity index (χ4v) is 8.24. The van der Waals surface area contributed by atoms with Crippen molar-refractivity contribution in [2.45, 2.75) is 87.8 Å². The van der Waals surface area contributed by atoms with Crippen LogP contribution < -0.4 is 14.8 Å². The van der Waals surface area contributed by atoms with Gasteiger partial charge in [0.1, 0.15) is 5.82 Å². The molecule has 1 aromatic heterocycles. The molecule has 1 saturated carbocycles. The molecule has 0 unspecified atom stereocenters. The van der Waals surface area contributed by atoms with Gasteiger partial charge in [-0.2, -0.15) is 0 Å². The zero-order chi connectivity index (χ0) is 35.2. The molecule has 0 spiro atoms. The molecule has 3 aromatic rings. The van der Waals surface area contributed by atoms with E-state index in [2.05, 4.69) is 20.0 Å². The molecule has 3 amide bonds. The number of halogens is 1. The number of hydrogen-bond donors (Lipinski definition) is 3. The fourth-order valence-electron chi connectivity index (χ4n) is 6.88. The van der Waals surface area contributed by atoms with Crippen LogP contribution in [0.5, 0.6) is 5.88 Å². The standard InChI is InChI=1S/C35H36FN5O8S/c36-20-9-12-22-23-6-2-4-7-26(23)38-34(24(22)16-20)49-32-14-13-30(42)27(39-35(45)46)8-3-1-5-19-15-28(19)37-18-29-25(17-31(43)41(29)32)33(44)40-50(47,48)21-10-11-21/h2,4,6-7,9,12,16,18,21,25,27,29,32,39H,1,3,5,8,10-11,13-15,17H2,(H,40,44)(H,45,46)/t25-,27+,29-,32-/m1/s1. The molecular weight excluding hydrogens is 669 g/mol. The number of ketones is 1. The number of rotatable bonds is 6. The van der Waals surface area contributed by atoms with Crippen LogP contribution in [-0.2, 0) is 24.4 Å². The smallest absolute Gasteiger partial charge is 0.405 e. The topological polar surface area (TPSA) is 184 Å². The average molecular weight is 706 g/mol. The van der Waals surface area contributed by atoms with Crippen molar-refractivity contribution in [3.05, 3.63) is 59.6 Å². The second-order valence-corrected chi connectivity index (χ2v) is 15.2. The molecule has 2 aromatic carbocycles. The Hall–Kier alpha value is -4.92. The van der Waals surface area contributed by atoms with Crippen LogP contribution in [-0.4, -0.2) is 76.9 Å². The Kier molecular flexibility index (Phi) is 9.01.